The molecule has 82 valence electrons. The van der Waals surface area contributed by atoms with Gasteiger partial charge in [0.05, 0.1) is 6.54 Å². The lowest BCUT2D eigenvalue weighted by molar-refractivity contribution is -0.120. The fourth-order valence-electron chi connectivity index (χ4n) is 2.33. The van der Waals surface area contributed by atoms with Gasteiger partial charge in [-0.3, -0.25) is 9.69 Å². The molecule has 1 unspecified atom stereocenters. The van der Waals surface area contributed by atoms with Crippen molar-refractivity contribution >= 4 is 5.91 Å². The van der Waals surface area contributed by atoms with Gasteiger partial charge in [0, 0.05) is 12.6 Å². The molecule has 0 aromatic rings. The number of nitrogens with one attached hydrogen (secondary N) is 1. The average Bonchev–Trinajstić information content (AvgIpc) is 2.01. The van der Waals surface area contributed by atoms with Gasteiger partial charge in [-0.05, 0) is 25.4 Å². The van der Waals surface area contributed by atoms with Gasteiger partial charge in [0.2, 0.25) is 5.91 Å². The zero-order valence-electron chi connectivity index (χ0n) is 9.34. The lowest BCUT2D eigenvalue weighted by atomic mass is 9.79. The van der Waals surface area contributed by atoms with Crippen molar-refractivity contribution in [1.82, 2.24) is 10.2 Å². The first-order valence-electron chi connectivity index (χ1n) is 5.13. The molecular weight excluding hydrogens is 178 g/mol. The number of amides is 1. The molecule has 0 aliphatic carbocycles. The molecule has 1 amide bonds. The van der Waals surface area contributed by atoms with E-state index in [0.29, 0.717) is 12.6 Å². The van der Waals surface area contributed by atoms with E-state index >= 15 is 0 Å². The molecule has 1 heterocycles. The smallest absolute Gasteiger partial charge is 0.231 e. The van der Waals surface area contributed by atoms with Crippen molar-refractivity contribution in [2.45, 2.75) is 26.3 Å². The number of primary amides is 1. The molecule has 0 spiro atoms. The van der Waals surface area contributed by atoms with Crippen molar-refractivity contribution in [1.29, 1.82) is 0 Å². The fraction of sp³-hybridized carbons (Fsp3) is 0.900. The molecule has 1 aliphatic heterocycles. The van der Waals surface area contributed by atoms with E-state index in [2.05, 4.69) is 24.1 Å². The van der Waals surface area contributed by atoms with E-state index in [4.69, 9.17) is 5.73 Å². The summed E-state index contributed by atoms with van der Waals surface area (Å²) in [6.45, 7) is 6.83. The highest BCUT2D eigenvalue weighted by Gasteiger charge is 2.34. The van der Waals surface area contributed by atoms with Crippen LogP contribution in [-0.4, -0.2) is 43.5 Å². The quantitative estimate of drug-likeness (QED) is 0.661. The maximum atomic E-state index is 10.8. The molecular formula is C10H21N3O. The van der Waals surface area contributed by atoms with Gasteiger partial charge in [-0.25, -0.2) is 0 Å². The van der Waals surface area contributed by atoms with Crippen molar-refractivity contribution in [3.05, 3.63) is 0 Å². The molecule has 3 N–H and O–H groups in total. The molecule has 0 radical (unpaired) electrons. The second-order valence-electron chi connectivity index (χ2n) is 4.85. The highest BCUT2D eigenvalue weighted by Crippen LogP contribution is 2.28. The van der Waals surface area contributed by atoms with Gasteiger partial charge in [-0.15, -0.1) is 0 Å². The molecule has 0 aromatic heterocycles. The molecule has 1 rings (SSSR count). The molecule has 0 aromatic carbocycles. The van der Waals surface area contributed by atoms with Crippen LogP contribution in [0.5, 0.6) is 0 Å². The Bertz CT molecular complexity index is 215. The van der Waals surface area contributed by atoms with Crippen LogP contribution in [0.15, 0.2) is 0 Å². The number of hydrogen-bond donors (Lipinski definition) is 2. The summed E-state index contributed by atoms with van der Waals surface area (Å²) < 4.78 is 0. The highest BCUT2D eigenvalue weighted by molar-refractivity contribution is 5.75. The van der Waals surface area contributed by atoms with E-state index < -0.39 is 0 Å². The third-order valence-electron chi connectivity index (χ3n) is 3.01. The zero-order chi connectivity index (χ0) is 10.8. The Balaban J connectivity index is 2.59. The number of carbonyl (C=O) groups excluding carboxylic acids is 1. The Kier molecular flexibility index (Phi) is 3.50. The lowest BCUT2D eigenvalue weighted by Gasteiger charge is -2.43. The van der Waals surface area contributed by atoms with Crippen molar-refractivity contribution in [3.8, 4) is 0 Å². The van der Waals surface area contributed by atoms with Gasteiger partial charge < -0.3 is 11.1 Å². The Labute approximate surface area is 85.8 Å². The van der Waals surface area contributed by atoms with Gasteiger partial charge in [0.15, 0.2) is 0 Å². The topological polar surface area (TPSA) is 58.4 Å². The Hall–Kier alpha value is -0.610. The number of likely N-dealkylation sites (N-methyl/N-ethyl adjacent to an activating group) is 1. The van der Waals surface area contributed by atoms with Crippen LogP contribution in [0.4, 0.5) is 0 Å². The van der Waals surface area contributed by atoms with Crippen LogP contribution in [-0.2, 0) is 4.79 Å². The number of piperidine rings is 1. The number of hydrogen-bond acceptors (Lipinski definition) is 3. The van der Waals surface area contributed by atoms with E-state index in [1.807, 2.05) is 7.05 Å². The average molecular weight is 199 g/mol. The second kappa shape index (κ2) is 4.28. The monoisotopic (exact) mass is 199 g/mol. The van der Waals surface area contributed by atoms with Crippen molar-refractivity contribution in [2.75, 3.05) is 26.7 Å². The van der Waals surface area contributed by atoms with E-state index in [9.17, 15) is 4.79 Å². The van der Waals surface area contributed by atoms with Crippen LogP contribution in [0.3, 0.4) is 0 Å². The molecule has 0 bridgehead atoms. The Morgan fingerprint density at radius 1 is 1.64 bits per heavy atom. The Morgan fingerprint density at radius 3 is 2.79 bits per heavy atom. The summed E-state index contributed by atoms with van der Waals surface area (Å²) in [5, 5.41) is 3.37. The van der Waals surface area contributed by atoms with E-state index in [1.54, 1.807) is 0 Å². The van der Waals surface area contributed by atoms with Gasteiger partial charge in [0.1, 0.15) is 0 Å². The maximum Gasteiger partial charge on any atom is 0.231 e. The van der Waals surface area contributed by atoms with Crippen LogP contribution in [0, 0.1) is 5.41 Å². The summed E-state index contributed by atoms with van der Waals surface area (Å²) in [6, 6.07) is 0.441. The first-order chi connectivity index (χ1) is 6.43. The lowest BCUT2D eigenvalue weighted by Crippen LogP contribution is -2.54. The standard InChI is InChI=1S/C10H21N3O/c1-10(2)7-12-5-4-8(10)13(3)6-9(11)14/h8,12H,4-7H2,1-3H3,(H2,11,14). The molecule has 1 aliphatic rings. The third kappa shape index (κ3) is 2.69. The van der Waals surface area contributed by atoms with E-state index in [1.165, 1.54) is 0 Å². The van der Waals surface area contributed by atoms with Gasteiger partial charge in [-0.2, -0.15) is 0 Å². The van der Waals surface area contributed by atoms with E-state index in [-0.39, 0.29) is 11.3 Å². The summed E-state index contributed by atoms with van der Waals surface area (Å²) in [5.41, 5.74) is 5.40. The second-order valence-corrected chi connectivity index (χ2v) is 4.85. The molecule has 1 atom stereocenters. The minimum Gasteiger partial charge on any atom is -0.369 e. The molecule has 4 nitrogen and oxygen atoms in total. The normalized spacial score (nSPS) is 26.4. The molecule has 1 saturated heterocycles. The van der Waals surface area contributed by atoms with Gasteiger partial charge in [0.25, 0.3) is 0 Å². The largest absolute Gasteiger partial charge is 0.369 e. The molecule has 0 saturated carbocycles. The fourth-order valence-corrected chi connectivity index (χ4v) is 2.33. The summed E-state index contributed by atoms with van der Waals surface area (Å²) >= 11 is 0. The molecule has 4 heteroatoms. The first-order valence-corrected chi connectivity index (χ1v) is 5.13. The predicted molar refractivity (Wildman–Crippen MR) is 56.9 cm³/mol. The summed E-state index contributed by atoms with van der Waals surface area (Å²) in [4.78, 5) is 12.9. The third-order valence-corrected chi connectivity index (χ3v) is 3.01. The van der Waals surface area contributed by atoms with Crippen molar-refractivity contribution < 1.29 is 4.79 Å². The number of rotatable bonds is 3. The van der Waals surface area contributed by atoms with Crippen molar-refractivity contribution in [2.24, 2.45) is 11.1 Å². The molecule has 1 fully saturated rings. The first kappa shape index (κ1) is 11.5. The van der Waals surface area contributed by atoms with Crippen LogP contribution in [0.2, 0.25) is 0 Å². The summed E-state index contributed by atoms with van der Waals surface area (Å²) in [7, 11) is 1.97. The highest BCUT2D eigenvalue weighted by atomic mass is 16.1. The zero-order valence-corrected chi connectivity index (χ0v) is 9.34. The molecule has 14 heavy (non-hydrogen) atoms. The minimum absolute atomic E-state index is 0.211. The van der Waals surface area contributed by atoms with Gasteiger partial charge in [-0.1, -0.05) is 13.8 Å². The van der Waals surface area contributed by atoms with Crippen molar-refractivity contribution in [3.63, 3.8) is 0 Å². The van der Waals surface area contributed by atoms with Crippen LogP contribution < -0.4 is 11.1 Å². The maximum absolute atomic E-state index is 10.8. The predicted octanol–water partition coefficient (Wildman–Crippen LogP) is -0.208. The Morgan fingerprint density at radius 2 is 2.29 bits per heavy atom. The number of nitrogens with two attached hydrogens (primary N) is 1. The minimum atomic E-state index is -0.248. The summed E-state index contributed by atoms with van der Waals surface area (Å²) in [5.74, 6) is -0.248. The van der Waals surface area contributed by atoms with Crippen LogP contribution in [0.25, 0.3) is 0 Å². The van der Waals surface area contributed by atoms with Crippen LogP contribution in [0.1, 0.15) is 20.3 Å². The SMILES string of the molecule is CN(CC(N)=O)C1CCNCC1(C)C. The van der Waals surface area contributed by atoms with Gasteiger partial charge >= 0.3 is 0 Å². The van der Waals surface area contributed by atoms with E-state index in [0.717, 1.165) is 19.5 Å². The number of carbonyl (C=O) groups is 1. The summed E-state index contributed by atoms with van der Waals surface area (Å²) in [6.07, 6.45) is 1.08. The van der Waals surface area contributed by atoms with Crippen LogP contribution >= 0.6 is 0 Å². The number of nitrogens with zero attached hydrogens (tertiary/aromatic N) is 1.